The monoisotopic (exact) mass is 449 g/mol. The molecule has 0 aliphatic carbocycles. The number of hydrogen-bond donors (Lipinski definition) is 0. The number of hydrogen-bond acceptors (Lipinski definition) is 5. The lowest BCUT2D eigenvalue weighted by atomic mass is 9.87. The molecule has 32 heavy (non-hydrogen) atoms. The van der Waals surface area contributed by atoms with Crippen LogP contribution in [0.15, 0.2) is 59.3 Å². The molecule has 164 valence electrons. The van der Waals surface area contributed by atoms with Crippen molar-refractivity contribution >= 4 is 28.6 Å². The number of para-hydroxylation sites is 1. The summed E-state index contributed by atoms with van der Waals surface area (Å²) in [5, 5.41) is 9.07. The summed E-state index contributed by atoms with van der Waals surface area (Å²) >= 11 is 6.07. The molecular weight excluding hydrogens is 426 g/mol. The number of aromatic nitrogens is 4. The first-order valence-corrected chi connectivity index (χ1v) is 11.3. The molecule has 1 aliphatic heterocycles. The van der Waals surface area contributed by atoms with Crippen molar-refractivity contribution in [2.24, 2.45) is 5.92 Å². The zero-order chi connectivity index (χ0) is 22.1. The number of nitrogens with zero attached hydrogens (tertiary/aromatic N) is 5. The van der Waals surface area contributed by atoms with Crippen molar-refractivity contribution in [1.82, 2.24) is 24.9 Å². The zero-order valence-electron chi connectivity index (χ0n) is 17.8. The van der Waals surface area contributed by atoms with Crippen LogP contribution in [0.2, 0.25) is 5.02 Å². The molecule has 2 aromatic heterocycles. The molecule has 2 aromatic carbocycles. The van der Waals surface area contributed by atoms with Crippen LogP contribution in [0.3, 0.4) is 0 Å². The minimum Gasteiger partial charge on any atom is -0.441 e. The Morgan fingerprint density at radius 1 is 1.19 bits per heavy atom. The maximum atomic E-state index is 13.7. The summed E-state index contributed by atoms with van der Waals surface area (Å²) in [4.78, 5) is 21.8. The molecule has 1 aliphatic rings. The van der Waals surface area contributed by atoms with Gasteiger partial charge in [-0.25, -0.2) is 4.98 Å². The molecular formula is C24H24ClN5O2. The third-order valence-electron chi connectivity index (χ3n) is 6.19. The van der Waals surface area contributed by atoms with Gasteiger partial charge in [-0.05, 0) is 55.5 Å². The number of oxazole rings is 1. The van der Waals surface area contributed by atoms with Gasteiger partial charge in [-0.2, -0.15) is 15.0 Å². The SMILES string of the molecule is C[C@@H]1CCCN(C(=O)c2ccccc2-n2nccn2)[C@@H]1CCc1nc2cc(Cl)ccc2o1. The number of piperidine rings is 1. The Morgan fingerprint density at radius 3 is 2.84 bits per heavy atom. The molecule has 5 rings (SSSR count). The van der Waals surface area contributed by atoms with Gasteiger partial charge < -0.3 is 9.32 Å². The highest BCUT2D eigenvalue weighted by Crippen LogP contribution is 2.30. The molecule has 0 unspecified atom stereocenters. The smallest absolute Gasteiger partial charge is 0.256 e. The van der Waals surface area contributed by atoms with Gasteiger partial charge in [-0.15, -0.1) is 0 Å². The molecule has 0 N–H and O–H groups in total. The Hall–Kier alpha value is -3.19. The van der Waals surface area contributed by atoms with E-state index in [9.17, 15) is 4.79 Å². The Morgan fingerprint density at radius 2 is 2.00 bits per heavy atom. The summed E-state index contributed by atoms with van der Waals surface area (Å²) in [7, 11) is 0. The minimum absolute atomic E-state index is 0.0128. The maximum absolute atomic E-state index is 13.7. The molecule has 4 aromatic rings. The molecule has 8 heteroatoms. The van der Waals surface area contributed by atoms with Crippen molar-refractivity contribution in [2.75, 3.05) is 6.54 Å². The summed E-state index contributed by atoms with van der Waals surface area (Å²) in [6, 6.07) is 13.1. The molecule has 1 saturated heterocycles. The Kier molecular flexibility index (Phi) is 5.66. The molecule has 2 atom stereocenters. The van der Waals surface area contributed by atoms with E-state index in [0.717, 1.165) is 36.9 Å². The second-order valence-electron chi connectivity index (χ2n) is 8.28. The highest BCUT2D eigenvalue weighted by molar-refractivity contribution is 6.31. The largest absolute Gasteiger partial charge is 0.441 e. The summed E-state index contributed by atoms with van der Waals surface area (Å²) < 4.78 is 5.90. The average Bonchev–Trinajstić information content (AvgIpc) is 3.47. The van der Waals surface area contributed by atoms with Gasteiger partial charge in [0.25, 0.3) is 5.91 Å². The number of rotatable bonds is 5. The first-order chi connectivity index (χ1) is 15.6. The third-order valence-corrected chi connectivity index (χ3v) is 6.43. The van der Waals surface area contributed by atoms with Crippen LogP contribution in [-0.2, 0) is 6.42 Å². The number of carbonyl (C=O) groups is 1. The van der Waals surface area contributed by atoms with Gasteiger partial charge in [-0.3, -0.25) is 4.79 Å². The number of carbonyl (C=O) groups excluding carboxylic acids is 1. The van der Waals surface area contributed by atoms with Crippen LogP contribution in [0.25, 0.3) is 16.8 Å². The van der Waals surface area contributed by atoms with E-state index in [-0.39, 0.29) is 11.9 Å². The van der Waals surface area contributed by atoms with Crippen molar-refractivity contribution in [3.8, 4) is 5.69 Å². The lowest BCUT2D eigenvalue weighted by Gasteiger charge is -2.40. The average molecular weight is 450 g/mol. The standard InChI is InChI=1S/C24H24ClN5O2/c1-16-5-4-14-29(24(31)18-6-2-3-7-21(18)30-26-12-13-27-30)20(16)9-11-23-28-19-15-17(25)8-10-22(19)32-23/h2-3,6-8,10,12-13,15-16,20H,4-5,9,11,14H2,1H3/t16-,20-/m1/s1. The topological polar surface area (TPSA) is 77.1 Å². The van der Waals surface area contributed by atoms with Crippen molar-refractivity contribution < 1.29 is 9.21 Å². The van der Waals surface area contributed by atoms with Gasteiger partial charge >= 0.3 is 0 Å². The number of aryl methyl sites for hydroxylation is 1. The van der Waals surface area contributed by atoms with Crippen LogP contribution in [-0.4, -0.2) is 43.4 Å². The summed E-state index contributed by atoms with van der Waals surface area (Å²) in [5.41, 5.74) is 2.79. The highest BCUT2D eigenvalue weighted by Gasteiger charge is 2.33. The van der Waals surface area contributed by atoms with Crippen LogP contribution in [0.4, 0.5) is 0 Å². The highest BCUT2D eigenvalue weighted by atomic mass is 35.5. The van der Waals surface area contributed by atoms with E-state index in [4.69, 9.17) is 16.0 Å². The molecule has 7 nitrogen and oxygen atoms in total. The molecule has 0 spiro atoms. The predicted octanol–water partition coefficient (Wildman–Crippen LogP) is 4.94. The lowest BCUT2D eigenvalue weighted by Crippen LogP contribution is -2.48. The number of halogens is 1. The van der Waals surface area contributed by atoms with E-state index in [0.29, 0.717) is 34.5 Å². The fraction of sp³-hybridized carbons (Fsp3) is 0.333. The normalized spacial score (nSPS) is 18.9. The number of benzene rings is 2. The predicted molar refractivity (Wildman–Crippen MR) is 122 cm³/mol. The Balaban J connectivity index is 1.38. The second kappa shape index (κ2) is 8.74. The van der Waals surface area contributed by atoms with Crippen LogP contribution in [0, 0.1) is 5.92 Å². The van der Waals surface area contributed by atoms with Crippen LogP contribution >= 0.6 is 11.6 Å². The quantitative estimate of drug-likeness (QED) is 0.431. The van der Waals surface area contributed by atoms with Gasteiger partial charge in [0.05, 0.1) is 23.6 Å². The number of likely N-dealkylation sites (tertiary alicyclic amines) is 1. The van der Waals surface area contributed by atoms with E-state index in [1.54, 1.807) is 18.5 Å². The third kappa shape index (κ3) is 4.00. The van der Waals surface area contributed by atoms with Crippen molar-refractivity contribution in [3.63, 3.8) is 0 Å². The molecule has 1 fully saturated rings. The van der Waals surface area contributed by atoms with E-state index < -0.39 is 0 Å². The van der Waals surface area contributed by atoms with E-state index >= 15 is 0 Å². The summed E-state index contributed by atoms with van der Waals surface area (Å²) in [5.74, 6) is 1.08. The fourth-order valence-corrected chi connectivity index (χ4v) is 4.76. The second-order valence-corrected chi connectivity index (χ2v) is 8.72. The number of amides is 1. The van der Waals surface area contributed by atoms with Crippen molar-refractivity contribution in [3.05, 3.63) is 71.3 Å². The molecule has 0 radical (unpaired) electrons. The molecule has 0 bridgehead atoms. The first kappa shape index (κ1) is 20.7. The Labute approximate surface area is 191 Å². The summed E-state index contributed by atoms with van der Waals surface area (Å²) in [6.07, 6.45) is 6.76. The first-order valence-electron chi connectivity index (χ1n) is 10.9. The molecule has 0 saturated carbocycles. The maximum Gasteiger partial charge on any atom is 0.256 e. The number of fused-ring (bicyclic) bond motifs is 1. The van der Waals surface area contributed by atoms with Crippen LogP contribution < -0.4 is 0 Å². The molecule has 1 amide bonds. The van der Waals surface area contributed by atoms with Crippen molar-refractivity contribution in [2.45, 2.75) is 38.6 Å². The van der Waals surface area contributed by atoms with Gasteiger partial charge in [0.2, 0.25) is 0 Å². The van der Waals surface area contributed by atoms with Gasteiger partial charge in [0.1, 0.15) is 5.52 Å². The lowest BCUT2D eigenvalue weighted by molar-refractivity contribution is 0.0496. The van der Waals surface area contributed by atoms with E-state index in [2.05, 4.69) is 22.1 Å². The van der Waals surface area contributed by atoms with Gasteiger partial charge in [0.15, 0.2) is 11.5 Å². The summed E-state index contributed by atoms with van der Waals surface area (Å²) in [6.45, 7) is 2.95. The minimum atomic E-state index is 0.0128. The van der Waals surface area contributed by atoms with Crippen LogP contribution in [0.5, 0.6) is 0 Å². The van der Waals surface area contributed by atoms with Crippen LogP contribution in [0.1, 0.15) is 42.4 Å². The van der Waals surface area contributed by atoms with Gasteiger partial charge in [0, 0.05) is 24.0 Å². The zero-order valence-corrected chi connectivity index (χ0v) is 18.6. The fourth-order valence-electron chi connectivity index (χ4n) is 4.59. The molecule has 3 heterocycles. The van der Waals surface area contributed by atoms with Gasteiger partial charge in [-0.1, -0.05) is 30.7 Å². The van der Waals surface area contributed by atoms with Crippen molar-refractivity contribution in [1.29, 1.82) is 0 Å². The Bertz CT molecular complexity index is 1240. The van der Waals surface area contributed by atoms with E-state index in [1.807, 2.05) is 41.3 Å². The van der Waals surface area contributed by atoms with E-state index in [1.165, 1.54) is 4.80 Å².